The van der Waals surface area contributed by atoms with Crippen LogP contribution in [0, 0.1) is 0 Å². The van der Waals surface area contributed by atoms with E-state index in [2.05, 4.69) is 10.3 Å². The molecule has 0 aromatic heterocycles. The number of methoxy groups -OCH3 is 2. The minimum atomic E-state index is -2.93. The Morgan fingerprint density at radius 2 is 2.10 bits per heavy atom. The van der Waals surface area contributed by atoms with Crippen molar-refractivity contribution in [3.05, 3.63) is 18.2 Å². The normalized spacial score (nSPS) is 26.1. The van der Waals surface area contributed by atoms with Crippen molar-refractivity contribution in [2.24, 2.45) is 4.99 Å². The number of amidine groups is 1. The Morgan fingerprint density at radius 1 is 1.29 bits per heavy atom. The Bertz CT molecular complexity index is 687. The van der Waals surface area contributed by atoms with Gasteiger partial charge < -0.3 is 14.8 Å². The second-order valence-electron chi connectivity index (χ2n) is 4.93. The molecule has 3 rings (SSSR count). The lowest BCUT2D eigenvalue weighted by Gasteiger charge is -2.12. The number of fused-ring (bicyclic) bond motifs is 1. The molecule has 2 aliphatic rings. The van der Waals surface area contributed by atoms with Crippen LogP contribution in [0.3, 0.4) is 0 Å². The van der Waals surface area contributed by atoms with Crippen molar-refractivity contribution in [1.29, 1.82) is 0 Å². The number of aliphatic imine (C=N–C) groups is 1. The molecule has 2 heterocycles. The first-order valence-corrected chi connectivity index (χ1v) is 9.15. The summed E-state index contributed by atoms with van der Waals surface area (Å²) in [6.45, 7) is 0. The molecular formula is C13H16N2O4S2. The number of hydrogen-bond donors (Lipinski definition) is 1. The lowest BCUT2D eigenvalue weighted by molar-refractivity contribution is 0.405. The predicted octanol–water partition coefficient (Wildman–Crippen LogP) is 1.38. The summed E-state index contributed by atoms with van der Waals surface area (Å²) in [5.41, 5.74) is 0.755. The van der Waals surface area contributed by atoms with Crippen LogP contribution >= 0.6 is 11.8 Å². The van der Waals surface area contributed by atoms with Crippen molar-refractivity contribution < 1.29 is 17.9 Å². The van der Waals surface area contributed by atoms with Crippen molar-refractivity contribution in [1.82, 2.24) is 0 Å². The highest BCUT2D eigenvalue weighted by Crippen LogP contribution is 2.36. The Morgan fingerprint density at radius 3 is 2.76 bits per heavy atom. The van der Waals surface area contributed by atoms with E-state index < -0.39 is 9.84 Å². The van der Waals surface area contributed by atoms with Crippen LogP contribution in [-0.4, -0.2) is 50.6 Å². The molecule has 114 valence electrons. The number of anilines is 1. The van der Waals surface area contributed by atoms with Crippen molar-refractivity contribution >= 4 is 32.5 Å². The molecule has 0 spiro atoms. The molecule has 2 aliphatic heterocycles. The zero-order valence-electron chi connectivity index (χ0n) is 11.7. The van der Waals surface area contributed by atoms with Gasteiger partial charge in [0, 0.05) is 11.3 Å². The number of sulfone groups is 1. The number of ether oxygens (including phenoxy) is 2. The van der Waals surface area contributed by atoms with E-state index in [0.29, 0.717) is 11.5 Å². The van der Waals surface area contributed by atoms with Gasteiger partial charge in [-0.05, 0) is 12.1 Å². The van der Waals surface area contributed by atoms with E-state index >= 15 is 0 Å². The maximum absolute atomic E-state index is 11.6. The zero-order chi connectivity index (χ0) is 15.0. The lowest BCUT2D eigenvalue weighted by atomic mass is 10.2. The fraction of sp³-hybridized carbons (Fsp3) is 0.462. The molecule has 0 amide bonds. The van der Waals surface area contributed by atoms with Gasteiger partial charge in [-0.25, -0.2) is 8.42 Å². The van der Waals surface area contributed by atoms with Crippen LogP contribution in [0.25, 0.3) is 0 Å². The van der Waals surface area contributed by atoms with Crippen LogP contribution in [0.4, 0.5) is 5.69 Å². The van der Waals surface area contributed by atoms with E-state index in [1.807, 2.05) is 18.2 Å². The van der Waals surface area contributed by atoms with Gasteiger partial charge in [0.05, 0.1) is 37.5 Å². The van der Waals surface area contributed by atoms with E-state index in [-0.39, 0.29) is 22.8 Å². The minimum Gasteiger partial charge on any atom is -0.497 e. The van der Waals surface area contributed by atoms with Gasteiger partial charge in [0.15, 0.2) is 15.0 Å². The first kappa shape index (κ1) is 14.5. The van der Waals surface area contributed by atoms with E-state index in [9.17, 15) is 8.42 Å². The fourth-order valence-corrected chi connectivity index (χ4v) is 6.11. The van der Waals surface area contributed by atoms with E-state index in [4.69, 9.17) is 9.47 Å². The Labute approximate surface area is 127 Å². The topological polar surface area (TPSA) is 77.0 Å². The summed E-state index contributed by atoms with van der Waals surface area (Å²) < 4.78 is 33.6. The molecule has 6 nitrogen and oxygen atoms in total. The van der Waals surface area contributed by atoms with E-state index in [0.717, 1.165) is 10.9 Å². The molecular weight excluding hydrogens is 312 g/mol. The molecule has 1 fully saturated rings. The molecule has 1 N–H and O–H groups in total. The highest BCUT2D eigenvalue weighted by Gasteiger charge is 2.42. The number of hydrogen-bond acceptors (Lipinski definition) is 7. The average Bonchev–Trinajstić information content (AvgIpc) is 2.91. The van der Waals surface area contributed by atoms with Crippen molar-refractivity contribution in [3.63, 3.8) is 0 Å². The highest BCUT2D eigenvalue weighted by atomic mass is 32.2. The number of benzene rings is 1. The Balaban J connectivity index is 1.79. The van der Waals surface area contributed by atoms with Gasteiger partial charge in [-0.2, -0.15) is 0 Å². The maximum atomic E-state index is 11.6. The Kier molecular flexibility index (Phi) is 3.75. The molecule has 0 aliphatic carbocycles. The summed E-state index contributed by atoms with van der Waals surface area (Å²) in [5, 5.41) is 3.95. The second-order valence-corrected chi connectivity index (χ2v) is 8.31. The van der Waals surface area contributed by atoms with E-state index in [1.165, 1.54) is 11.8 Å². The molecule has 0 saturated carbocycles. The number of thioether (sulfide) groups is 1. The SMILES string of the molecule is COc1ccc(OC)c(NC2=N[C@@H]3CS(=O)(=O)C[C@@H]3S2)c1. The number of rotatable bonds is 3. The zero-order valence-corrected chi connectivity index (χ0v) is 13.3. The smallest absolute Gasteiger partial charge is 0.161 e. The van der Waals surface area contributed by atoms with Crippen LogP contribution in [0.2, 0.25) is 0 Å². The van der Waals surface area contributed by atoms with Gasteiger partial charge in [-0.1, -0.05) is 11.8 Å². The van der Waals surface area contributed by atoms with Gasteiger partial charge in [-0.3, -0.25) is 4.99 Å². The number of nitrogens with zero attached hydrogens (tertiary/aromatic N) is 1. The number of nitrogens with one attached hydrogen (secondary N) is 1. The fourth-order valence-electron chi connectivity index (χ4n) is 2.44. The maximum Gasteiger partial charge on any atom is 0.161 e. The van der Waals surface area contributed by atoms with Gasteiger partial charge in [0.25, 0.3) is 0 Å². The van der Waals surface area contributed by atoms with Crippen molar-refractivity contribution in [2.45, 2.75) is 11.3 Å². The lowest BCUT2D eigenvalue weighted by Crippen LogP contribution is -2.13. The van der Waals surface area contributed by atoms with E-state index in [1.54, 1.807) is 14.2 Å². The monoisotopic (exact) mass is 328 g/mol. The third-order valence-corrected chi connectivity index (χ3v) is 6.61. The highest BCUT2D eigenvalue weighted by molar-refractivity contribution is 8.15. The summed E-state index contributed by atoms with van der Waals surface area (Å²) in [6.07, 6.45) is 0. The van der Waals surface area contributed by atoms with Crippen LogP contribution < -0.4 is 14.8 Å². The molecule has 21 heavy (non-hydrogen) atoms. The molecule has 0 radical (unpaired) electrons. The minimum absolute atomic E-state index is 0.0223. The first-order valence-electron chi connectivity index (χ1n) is 6.44. The molecule has 0 bridgehead atoms. The van der Waals surface area contributed by atoms with Crippen molar-refractivity contribution in [2.75, 3.05) is 31.0 Å². The summed E-state index contributed by atoms with van der Waals surface area (Å²) >= 11 is 1.47. The van der Waals surface area contributed by atoms with Crippen LogP contribution in [-0.2, 0) is 9.84 Å². The van der Waals surface area contributed by atoms with Crippen molar-refractivity contribution in [3.8, 4) is 11.5 Å². The van der Waals surface area contributed by atoms with Gasteiger partial charge in [-0.15, -0.1) is 0 Å². The quantitative estimate of drug-likeness (QED) is 0.903. The summed E-state index contributed by atoms with van der Waals surface area (Å²) in [5.74, 6) is 1.74. The summed E-state index contributed by atoms with van der Waals surface area (Å²) in [4.78, 5) is 4.46. The molecule has 8 heteroatoms. The summed E-state index contributed by atoms with van der Waals surface area (Å²) in [6, 6.07) is 5.31. The van der Waals surface area contributed by atoms with Crippen LogP contribution in [0.5, 0.6) is 11.5 Å². The molecule has 2 atom stereocenters. The first-order chi connectivity index (χ1) is 10.0. The predicted molar refractivity (Wildman–Crippen MR) is 84.4 cm³/mol. The van der Waals surface area contributed by atoms with Gasteiger partial charge in [0.1, 0.15) is 11.5 Å². The van der Waals surface area contributed by atoms with Crippen LogP contribution in [0.1, 0.15) is 0 Å². The molecule has 0 unspecified atom stereocenters. The third kappa shape index (κ3) is 2.96. The summed E-state index contributed by atoms with van der Waals surface area (Å²) in [7, 11) is 0.269. The Hall–Kier alpha value is -1.41. The third-order valence-electron chi connectivity index (χ3n) is 3.47. The molecule has 1 aromatic carbocycles. The molecule has 1 aromatic rings. The standard InChI is InChI=1S/C13H16N2O4S2/c1-18-8-3-4-11(19-2)9(5-8)14-13-15-10-6-21(16,17)7-12(10)20-13/h3-5,10,12H,6-7H2,1-2H3,(H,14,15)/t10-,12+/m1/s1. The average molecular weight is 328 g/mol. The largest absolute Gasteiger partial charge is 0.497 e. The molecule has 1 saturated heterocycles. The van der Waals surface area contributed by atoms with Gasteiger partial charge >= 0.3 is 0 Å². The van der Waals surface area contributed by atoms with Crippen LogP contribution in [0.15, 0.2) is 23.2 Å². The second kappa shape index (κ2) is 5.42. The van der Waals surface area contributed by atoms with Gasteiger partial charge in [0.2, 0.25) is 0 Å².